The summed E-state index contributed by atoms with van der Waals surface area (Å²) in [6, 6.07) is 1.16. The van der Waals surface area contributed by atoms with Gasteiger partial charge in [0.25, 0.3) is 9.05 Å². The van der Waals surface area contributed by atoms with Crippen LogP contribution in [0.5, 0.6) is 0 Å². The summed E-state index contributed by atoms with van der Waals surface area (Å²) in [5.41, 5.74) is 0.0701. The fraction of sp³-hybridized carbons (Fsp3) is 0.500. The minimum Gasteiger partial charge on any atom is -0.458 e. The van der Waals surface area contributed by atoms with Crippen LogP contribution in [0.4, 0.5) is 0 Å². The van der Waals surface area contributed by atoms with E-state index in [1.54, 1.807) is 0 Å². The van der Waals surface area contributed by atoms with Crippen molar-refractivity contribution in [1.82, 2.24) is 4.98 Å². The van der Waals surface area contributed by atoms with Gasteiger partial charge in [-0.3, -0.25) is 0 Å². The SMILES string of the molecule is O=C(OC1CCOCC1)c1cc(S(=O)(=O)Cl)c[nH]1. The van der Waals surface area contributed by atoms with Crippen LogP contribution in [0.1, 0.15) is 23.3 Å². The van der Waals surface area contributed by atoms with Gasteiger partial charge in [0.2, 0.25) is 0 Å². The average molecular weight is 294 g/mol. The van der Waals surface area contributed by atoms with Gasteiger partial charge in [-0.1, -0.05) is 0 Å². The third-order valence-electron chi connectivity index (χ3n) is 2.60. The van der Waals surface area contributed by atoms with E-state index in [1.165, 1.54) is 0 Å². The topological polar surface area (TPSA) is 85.5 Å². The summed E-state index contributed by atoms with van der Waals surface area (Å²) in [4.78, 5) is 14.1. The van der Waals surface area contributed by atoms with Crippen molar-refractivity contribution in [1.29, 1.82) is 0 Å². The first-order valence-electron chi connectivity index (χ1n) is 5.38. The lowest BCUT2D eigenvalue weighted by atomic mass is 10.1. The molecule has 0 unspecified atom stereocenters. The summed E-state index contributed by atoms with van der Waals surface area (Å²) >= 11 is 0. The fourth-order valence-electron chi connectivity index (χ4n) is 1.64. The lowest BCUT2D eigenvalue weighted by molar-refractivity contribution is -0.0162. The Morgan fingerprint density at radius 3 is 2.67 bits per heavy atom. The molecule has 8 heteroatoms. The molecule has 1 N–H and O–H groups in total. The second kappa shape index (κ2) is 5.29. The number of ether oxygens (including phenoxy) is 2. The van der Waals surface area contributed by atoms with Gasteiger partial charge < -0.3 is 14.5 Å². The van der Waals surface area contributed by atoms with E-state index in [4.69, 9.17) is 20.2 Å². The number of carbonyl (C=O) groups is 1. The Balaban J connectivity index is 2.02. The van der Waals surface area contributed by atoms with E-state index in [9.17, 15) is 13.2 Å². The molecule has 0 radical (unpaired) electrons. The second-order valence-electron chi connectivity index (χ2n) is 3.90. The van der Waals surface area contributed by atoms with Gasteiger partial charge in [-0.15, -0.1) is 0 Å². The van der Waals surface area contributed by atoms with Crippen molar-refractivity contribution < 1.29 is 22.7 Å². The van der Waals surface area contributed by atoms with Gasteiger partial charge in [0, 0.05) is 29.7 Å². The number of aromatic nitrogens is 1. The maximum Gasteiger partial charge on any atom is 0.355 e. The van der Waals surface area contributed by atoms with Crippen molar-refractivity contribution in [2.45, 2.75) is 23.8 Å². The van der Waals surface area contributed by atoms with E-state index >= 15 is 0 Å². The quantitative estimate of drug-likeness (QED) is 0.670. The van der Waals surface area contributed by atoms with E-state index in [0.29, 0.717) is 26.1 Å². The summed E-state index contributed by atoms with van der Waals surface area (Å²) in [5, 5.41) is 0. The number of halogens is 1. The molecular formula is C10H12ClNO5S. The molecule has 1 fully saturated rings. The maximum atomic E-state index is 11.7. The molecule has 0 atom stereocenters. The number of rotatable bonds is 3. The maximum absolute atomic E-state index is 11.7. The number of nitrogens with one attached hydrogen (secondary N) is 1. The minimum absolute atomic E-state index is 0.0701. The average Bonchev–Trinajstić information content (AvgIpc) is 2.79. The Kier molecular flexibility index (Phi) is 3.94. The number of carbonyl (C=O) groups excluding carboxylic acids is 1. The highest BCUT2D eigenvalue weighted by atomic mass is 35.7. The van der Waals surface area contributed by atoms with Crippen molar-refractivity contribution in [3.63, 3.8) is 0 Å². The number of hydrogen-bond acceptors (Lipinski definition) is 5. The number of hydrogen-bond donors (Lipinski definition) is 1. The molecule has 0 saturated carbocycles. The van der Waals surface area contributed by atoms with E-state index < -0.39 is 15.0 Å². The molecule has 18 heavy (non-hydrogen) atoms. The number of aromatic amines is 1. The van der Waals surface area contributed by atoms with Crippen molar-refractivity contribution >= 4 is 25.7 Å². The normalized spacial score (nSPS) is 17.6. The standard InChI is InChI=1S/C10H12ClNO5S/c11-18(14,15)8-5-9(12-6-8)10(13)17-7-1-3-16-4-2-7/h5-7,12H,1-4H2. The Morgan fingerprint density at radius 2 is 2.11 bits per heavy atom. The van der Waals surface area contributed by atoms with E-state index in [-0.39, 0.29) is 16.7 Å². The molecule has 0 aliphatic carbocycles. The minimum atomic E-state index is -3.84. The van der Waals surface area contributed by atoms with E-state index in [1.807, 2.05) is 0 Å². The van der Waals surface area contributed by atoms with Gasteiger partial charge in [0.05, 0.1) is 13.2 Å². The van der Waals surface area contributed by atoms with Crippen LogP contribution in [-0.2, 0) is 18.5 Å². The molecule has 1 aromatic heterocycles. The van der Waals surface area contributed by atoms with Gasteiger partial charge in [-0.2, -0.15) is 0 Å². The Bertz CT molecular complexity index is 532. The van der Waals surface area contributed by atoms with Crippen LogP contribution in [0.15, 0.2) is 17.2 Å². The summed E-state index contributed by atoms with van der Waals surface area (Å²) in [6.45, 7) is 1.12. The molecular weight excluding hydrogens is 282 g/mol. The smallest absolute Gasteiger partial charge is 0.355 e. The first kappa shape index (κ1) is 13.4. The highest BCUT2D eigenvalue weighted by Gasteiger charge is 2.21. The molecule has 6 nitrogen and oxygen atoms in total. The molecule has 1 aliphatic heterocycles. The highest BCUT2D eigenvalue weighted by molar-refractivity contribution is 8.13. The predicted molar refractivity (Wildman–Crippen MR) is 63.1 cm³/mol. The summed E-state index contributed by atoms with van der Waals surface area (Å²) in [7, 11) is 1.32. The third-order valence-corrected chi connectivity index (χ3v) is 3.93. The van der Waals surface area contributed by atoms with Crippen molar-refractivity contribution in [2.24, 2.45) is 0 Å². The first-order chi connectivity index (χ1) is 8.47. The zero-order chi connectivity index (χ0) is 13.2. The highest BCUT2D eigenvalue weighted by Crippen LogP contribution is 2.18. The van der Waals surface area contributed by atoms with Gasteiger partial charge >= 0.3 is 5.97 Å². The second-order valence-corrected chi connectivity index (χ2v) is 6.47. The molecule has 1 aliphatic rings. The van der Waals surface area contributed by atoms with Crippen LogP contribution < -0.4 is 0 Å². The van der Waals surface area contributed by atoms with Crippen LogP contribution in [0.25, 0.3) is 0 Å². The van der Waals surface area contributed by atoms with Crippen molar-refractivity contribution in [3.8, 4) is 0 Å². The molecule has 0 bridgehead atoms. The summed E-state index contributed by atoms with van der Waals surface area (Å²) in [5.74, 6) is -0.589. The lowest BCUT2D eigenvalue weighted by Gasteiger charge is -2.21. The van der Waals surface area contributed by atoms with Gasteiger partial charge in [0.1, 0.15) is 16.7 Å². The summed E-state index contributed by atoms with van der Waals surface area (Å²) in [6.07, 6.45) is 2.26. The van der Waals surface area contributed by atoms with Gasteiger partial charge in [-0.25, -0.2) is 13.2 Å². The van der Waals surface area contributed by atoms with E-state index in [0.717, 1.165) is 12.3 Å². The zero-order valence-electron chi connectivity index (χ0n) is 9.39. The predicted octanol–water partition coefficient (Wildman–Crippen LogP) is 1.28. The molecule has 0 aromatic carbocycles. The number of esters is 1. The monoisotopic (exact) mass is 293 g/mol. The Labute approximate surface area is 109 Å². The van der Waals surface area contributed by atoms with Gasteiger partial charge in [-0.05, 0) is 6.07 Å². The molecule has 0 amide bonds. The van der Waals surface area contributed by atoms with E-state index in [2.05, 4.69) is 4.98 Å². The van der Waals surface area contributed by atoms with Crippen LogP contribution in [0.3, 0.4) is 0 Å². The van der Waals surface area contributed by atoms with Crippen LogP contribution in [0.2, 0.25) is 0 Å². The largest absolute Gasteiger partial charge is 0.458 e. The molecule has 2 rings (SSSR count). The van der Waals surface area contributed by atoms with Crippen LogP contribution >= 0.6 is 10.7 Å². The molecule has 1 saturated heterocycles. The lowest BCUT2D eigenvalue weighted by Crippen LogP contribution is -2.26. The van der Waals surface area contributed by atoms with Crippen molar-refractivity contribution in [2.75, 3.05) is 13.2 Å². The van der Waals surface area contributed by atoms with Crippen LogP contribution in [-0.4, -0.2) is 38.7 Å². The van der Waals surface area contributed by atoms with Gasteiger partial charge in [0.15, 0.2) is 0 Å². The zero-order valence-corrected chi connectivity index (χ0v) is 11.0. The molecule has 100 valence electrons. The number of H-pyrrole nitrogens is 1. The molecule has 1 aromatic rings. The Morgan fingerprint density at radius 1 is 1.44 bits per heavy atom. The summed E-state index contributed by atoms with van der Waals surface area (Å²) < 4.78 is 32.4. The first-order valence-corrected chi connectivity index (χ1v) is 7.69. The Hall–Kier alpha value is -1.05. The van der Waals surface area contributed by atoms with Crippen molar-refractivity contribution in [3.05, 3.63) is 18.0 Å². The third kappa shape index (κ3) is 3.24. The molecule has 2 heterocycles. The fourth-order valence-corrected chi connectivity index (χ4v) is 2.37. The molecule has 0 spiro atoms. The van der Waals surface area contributed by atoms with Crippen LogP contribution in [0, 0.1) is 0 Å².